The third kappa shape index (κ3) is 4.80. The summed E-state index contributed by atoms with van der Waals surface area (Å²) in [6.07, 6.45) is 1.91. The molecule has 0 unspecified atom stereocenters. The molecule has 0 saturated heterocycles. The van der Waals surface area contributed by atoms with E-state index in [0.29, 0.717) is 34.9 Å². The fourth-order valence-corrected chi connectivity index (χ4v) is 3.26. The standard InChI is InChI=1S/C20H20FN5O2S/c1-3-22-19(27)13-7-9-16(10-8-13)26-17(12-29-2)18(24-25-26)20(28)23-15-6-4-5-14(21)11-15/h4-11H,3,12H2,1-2H3,(H,22,27)(H,23,28). The molecule has 1 aromatic heterocycles. The fraction of sp³-hybridized carbons (Fsp3) is 0.200. The van der Waals surface area contributed by atoms with Gasteiger partial charge in [-0.1, -0.05) is 11.3 Å². The van der Waals surface area contributed by atoms with Gasteiger partial charge in [-0.3, -0.25) is 9.59 Å². The lowest BCUT2D eigenvalue weighted by Crippen LogP contribution is -2.22. The minimum atomic E-state index is -0.468. The van der Waals surface area contributed by atoms with Crippen molar-refractivity contribution >= 4 is 29.3 Å². The zero-order valence-corrected chi connectivity index (χ0v) is 16.8. The summed E-state index contributed by atoms with van der Waals surface area (Å²) >= 11 is 1.52. The summed E-state index contributed by atoms with van der Waals surface area (Å²) in [4.78, 5) is 24.6. The summed E-state index contributed by atoms with van der Waals surface area (Å²) in [7, 11) is 0. The molecule has 3 rings (SSSR count). The Hall–Kier alpha value is -3.20. The maximum atomic E-state index is 13.4. The van der Waals surface area contributed by atoms with Crippen LogP contribution in [0.2, 0.25) is 0 Å². The number of hydrogen-bond donors (Lipinski definition) is 2. The van der Waals surface area contributed by atoms with Gasteiger partial charge in [0.15, 0.2) is 5.69 Å². The number of rotatable bonds is 7. The number of carbonyl (C=O) groups excluding carboxylic acids is 2. The number of benzene rings is 2. The summed E-state index contributed by atoms with van der Waals surface area (Å²) in [6.45, 7) is 2.40. The van der Waals surface area contributed by atoms with Crippen molar-refractivity contribution in [3.63, 3.8) is 0 Å². The van der Waals surface area contributed by atoms with Crippen LogP contribution in [0.4, 0.5) is 10.1 Å². The Morgan fingerprint density at radius 3 is 2.55 bits per heavy atom. The summed E-state index contributed by atoms with van der Waals surface area (Å²) in [5.41, 5.74) is 2.32. The third-order valence-corrected chi connectivity index (χ3v) is 4.62. The van der Waals surface area contributed by atoms with Crippen molar-refractivity contribution in [1.82, 2.24) is 20.3 Å². The average molecular weight is 413 g/mol. The van der Waals surface area contributed by atoms with Crippen molar-refractivity contribution < 1.29 is 14.0 Å². The van der Waals surface area contributed by atoms with E-state index in [2.05, 4.69) is 20.9 Å². The summed E-state index contributed by atoms with van der Waals surface area (Å²) in [5, 5.41) is 13.5. The molecule has 0 spiro atoms. The van der Waals surface area contributed by atoms with Crippen LogP contribution in [0.1, 0.15) is 33.5 Å². The predicted molar refractivity (Wildman–Crippen MR) is 111 cm³/mol. The smallest absolute Gasteiger partial charge is 0.278 e. The summed E-state index contributed by atoms with van der Waals surface area (Å²) < 4.78 is 14.9. The number of aromatic nitrogens is 3. The van der Waals surface area contributed by atoms with E-state index >= 15 is 0 Å². The van der Waals surface area contributed by atoms with Crippen LogP contribution in [0.25, 0.3) is 5.69 Å². The van der Waals surface area contributed by atoms with Gasteiger partial charge in [0.25, 0.3) is 11.8 Å². The molecule has 29 heavy (non-hydrogen) atoms. The molecule has 2 aromatic carbocycles. The zero-order chi connectivity index (χ0) is 20.8. The fourth-order valence-electron chi connectivity index (χ4n) is 2.72. The molecule has 0 bridgehead atoms. The molecule has 2 N–H and O–H groups in total. The first-order valence-corrected chi connectivity index (χ1v) is 10.3. The molecular formula is C20H20FN5O2S. The summed E-state index contributed by atoms with van der Waals surface area (Å²) in [5.74, 6) is -0.568. The van der Waals surface area contributed by atoms with Crippen LogP contribution < -0.4 is 10.6 Å². The molecule has 7 nitrogen and oxygen atoms in total. The van der Waals surface area contributed by atoms with Gasteiger partial charge < -0.3 is 10.6 Å². The minimum Gasteiger partial charge on any atom is -0.352 e. The zero-order valence-electron chi connectivity index (χ0n) is 16.0. The quantitative estimate of drug-likeness (QED) is 0.621. The second-order valence-corrected chi connectivity index (χ2v) is 6.97. The van der Waals surface area contributed by atoms with E-state index in [1.165, 1.54) is 30.0 Å². The monoisotopic (exact) mass is 413 g/mol. The second kappa shape index (κ2) is 9.33. The predicted octanol–water partition coefficient (Wildman–Crippen LogP) is 3.27. The van der Waals surface area contributed by atoms with Crippen LogP contribution in [0.3, 0.4) is 0 Å². The Balaban J connectivity index is 1.88. The lowest BCUT2D eigenvalue weighted by atomic mass is 10.2. The summed E-state index contributed by atoms with van der Waals surface area (Å²) in [6, 6.07) is 12.5. The SMILES string of the molecule is CCNC(=O)c1ccc(-n2nnc(C(=O)Nc3cccc(F)c3)c2CSC)cc1. The van der Waals surface area contributed by atoms with Crippen LogP contribution in [0.5, 0.6) is 0 Å². The first-order valence-electron chi connectivity index (χ1n) is 8.92. The van der Waals surface area contributed by atoms with Crippen molar-refractivity contribution in [2.75, 3.05) is 18.1 Å². The first-order chi connectivity index (χ1) is 14.0. The van der Waals surface area contributed by atoms with Gasteiger partial charge in [-0.25, -0.2) is 9.07 Å². The van der Waals surface area contributed by atoms with Crippen molar-refractivity contribution in [2.24, 2.45) is 0 Å². The minimum absolute atomic E-state index is 0.155. The van der Waals surface area contributed by atoms with Crippen molar-refractivity contribution in [3.8, 4) is 5.69 Å². The van der Waals surface area contributed by atoms with E-state index in [4.69, 9.17) is 0 Å². The Bertz CT molecular complexity index is 1020. The van der Waals surface area contributed by atoms with Crippen LogP contribution in [0, 0.1) is 5.82 Å². The number of nitrogens with zero attached hydrogens (tertiary/aromatic N) is 3. The van der Waals surface area contributed by atoms with E-state index < -0.39 is 11.7 Å². The Morgan fingerprint density at radius 1 is 1.14 bits per heavy atom. The highest BCUT2D eigenvalue weighted by atomic mass is 32.2. The number of anilines is 1. The van der Waals surface area contributed by atoms with E-state index in [-0.39, 0.29) is 11.6 Å². The molecule has 150 valence electrons. The third-order valence-electron chi connectivity index (χ3n) is 4.05. The second-order valence-electron chi connectivity index (χ2n) is 6.10. The van der Waals surface area contributed by atoms with Gasteiger partial charge in [-0.15, -0.1) is 5.10 Å². The number of hydrogen-bond acceptors (Lipinski definition) is 5. The molecular weight excluding hydrogens is 393 g/mol. The highest BCUT2D eigenvalue weighted by Crippen LogP contribution is 2.20. The van der Waals surface area contributed by atoms with Crippen molar-refractivity contribution in [3.05, 3.63) is 71.3 Å². The van der Waals surface area contributed by atoms with Gasteiger partial charge in [-0.2, -0.15) is 11.8 Å². The molecule has 0 aliphatic rings. The molecule has 0 radical (unpaired) electrons. The van der Waals surface area contributed by atoms with E-state index in [1.807, 2.05) is 13.2 Å². The average Bonchev–Trinajstić information content (AvgIpc) is 3.12. The topological polar surface area (TPSA) is 88.9 Å². The van der Waals surface area contributed by atoms with Gasteiger partial charge in [-0.05, 0) is 55.6 Å². The van der Waals surface area contributed by atoms with Gasteiger partial charge in [0.05, 0.1) is 11.4 Å². The van der Waals surface area contributed by atoms with Crippen molar-refractivity contribution in [2.45, 2.75) is 12.7 Å². The molecule has 0 aliphatic heterocycles. The molecule has 0 aliphatic carbocycles. The van der Waals surface area contributed by atoms with E-state index in [0.717, 1.165) is 0 Å². The van der Waals surface area contributed by atoms with Crippen LogP contribution >= 0.6 is 11.8 Å². The Labute approximate surface area is 171 Å². The number of thioether (sulfide) groups is 1. The lowest BCUT2D eigenvalue weighted by Gasteiger charge is -2.09. The number of halogens is 1. The van der Waals surface area contributed by atoms with Gasteiger partial charge >= 0.3 is 0 Å². The Morgan fingerprint density at radius 2 is 1.90 bits per heavy atom. The number of carbonyl (C=O) groups is 2. The highest BCUT2D eigenvalue weighted by Gasteiger charge is 2.21. The van der Waals surface area contributed by atoms with Crippen molar-refractivity contribution in [1.29, 1.82) is 0 Å². The molecule has 0 fully saturated rings. The Kier molecular flexibility index (Phi) is 6.61. The lowest BCUT2D eigenvalue weighted by molar-refractivity contribution is 0.0955. The largest absolute Gasteiger partial charge is 0.352 e. The molecule has 2 amide bonds. The number of amides is 2. The van der Waals surface area contributed by atoms with Gasteiger partial charge in [0.2, 0.25) is 0 Å². The highest BCUT2D eigenvalue weighted by molar-refractivity contribution is 7.97. The first kappa shape index (κ1) is 20.5. The van der Waals surface area contributed by atoms with Crippen LogP contribution in [0.15, 0.2) is 48.5 Å². The van der Waals surface area contributed by atoms with Gasteiger partial charge in [0, 0.05) is 23.5 Å². The van der Waals surface area contributed by atoms with E-state index in [9.17, 15) is 14.0 Å². The molecule has 1 heterocycles. The molecule has 0 atom stereocenters. The van der Waals surface area contributed by atoms with Crippen LogP contribution in [-0.4, -0.2) is 39.6 Å². The van der Waals surface area contributed by atoms with Gasteiger partial charge in [0.1, 0.15) is 5.82 Å². The maximum absolute atomic E-state index is 13.4. The van der Waals surface area contributed by atoms with E-state index in [1.54, 1.807) is 35.0 Å². The molecule has 3 aromatic rings. The number of nitrogens with one attached hydrogen (secondary N) is 2. The molecule has 0 saturated carbocycles. The van der Waals surface area contributed by atoms with Crippen LogP contribution in [-0.2, 0) is 5.75 Å². The normalized spacial score (nSPS) is 10.6. The molecule has 9 heteroatoms. The maximum Gasteiger partial charge on any atom is 0.278 e.